The Kier molecular flexibility index (Phi) is 5.11. The molecule has 5 heteroatoms. The minimum absolute atomic E-state index is 0.0647. The summed E-state index contributed by atoms with van der Waals surface area (Å²) in [5.74, 6) is -1.45. The van der Waals surface area contributed by atoms with Gasteiger partial charge in [0.05, 0.1) is 0 Å². The highest BCUT2D eigenvalue weighted by Crippen LogP contribution is 2.11. The predicted octanol–water partition coefficient (Wildman–Crippen LogP) is 2.76. The highest BCUT2D eigenvalue weighted by atomic mass is 16.4. The summed E-state index contributed by atoms with van der Waals surface area (Å²) in [5, 5.41) is 11.8. The third-order valence-corrected chi connectivity index (χ3v) is 3.44. The number of amides is 1. The summed E-state index contributed by atoms with van der Waals surface area (Å²) in [6.07, 6.45) is 2.04. The minimum atomic E-state index is -1.15. The van der Waals surface area contributed by atoms with Crippen molar-refractivity contribution in [2.24, 2.45) is 0 Å². The normalized spacial score (nSPS) is 11.8. The van der Waals surface area contributed by atoms with Crippen LogP contribution in [0.4, 0.5) is 0 Å². The number of rotatable bonds is 5. The number of aromatic carboxylic acids is 1. The van der Waals surface area contributed by atoms with Crippen LogP contribution < -0.4 is 5.32 Å². The molecule has 1 aromatic carbocycles. The van der Waals surface area contributed by atoms with Gasteiger partial charge in [0.1, 0.15) is 5.69 Å². The van der Waals surface area contributed by atoms with Gasteiger partial charge in [0.2, 0.25) is 0 Å². The maximum atomic E-state index is 12.2. The fourth-order valence-electron chi connectivity index (χ4n) is 2.59. The summed E-state index contributed by atoms with van der Waals surface area (Å²) < 4.78 is 0. The summed E-state index contributed by atoms with van der Waals surface area (Å²) in [6.45, 7) is 6.02. The summed E-state index contributed by atoms with van der Waals surface area (Å²) >= 11 is 0. The molecule has 120 valence electrons. The molecule has 23 heavy (non-hydrogen) atoms. The van der Waals surface area contributed by atoms with E-state index in [0.29, 0.717) is 12.0 Å². The predicted molar refractivity (Wildman–Crippen MR) is 87.7 cm³/mol. The van der Waals surface area contributed by atoms with E-state index in [1.165, 1.54) is 29.5 Å². The Morgan fingerprint density at radius 3 is 2.43 bits per heavy atom. The Hall–Kier alpha value is -2.69. The molecule has 0 saturated carbocycles. The monoisotopic (exact) mass is 312 g/mol. The molecule has 1 atom stereocenters. The lowest BCUT2D eigenvalue weighted by atomic mass is 10.0. The molecule has 1 aromatic heterocycles. The van der Waals surface area contributed by atoms with E-state index >= 15 is 0 Å². The zero-order valence-electron chi connectivity index (χ0n) is 13.5. The number of carbonyl (C=O) groups excluding carboxylic acids is 1. The summed E-state index contributed by atoms with van der Waals surface area (Å²) in [6, 6.07) is 9.03. The van der Waals surface area contributed by atoms with Crippen molar-refractivity contribution in [2.45, 2.75) is 33.2 Å². The average Bonchev–Trinajstić information content (AvgIpc) is 2.46. The van der Waals surface area contributed by atoms with Crippen molar-refractivity contribution in [3.05, 3.63) is 64.5 Å². The van der Waals surface area contributed by atoms with Crippen LogP contribution in [0, 0.1) is 13.8 Å². The molecule has 0 fully saturated rings. The van der Waals surface area contributed by atoms with Gasteiger partial charge in [-0.1, -0.05) is 29.3 Å². The van der Waals surface area contributed by atoms with Gasteiger partial charge >= 0.3 is 5.97 Å². The number of aryl methyl sites for hydroxylation is 2. The second-order valence-electron chi connectivity index (χ2n) is 5.81. The highest BCUT2D eigenvalue weighted by Gasteiger charge is 2.13. The van der Waals surface area contributed by atoms with Crippen molar-refractivity contribution in [1.29, 1.82) is 0 Å². The second kappa shape index (κ2) is 7.05. The number of benzene rings is 1. The molecular formula is C18H20N2O3. The standard InChI is InChI=1S/C18H20N2O3/c1-11-6-12(2)8-14(7-11)9-13(3)20-17(21)15-4-5-19-16(10-15)18(22)23/h4-8,10,13H,9H2,1-3H3,(H,20,21)(H,22,23). The first-order valence-corrected chi connectivity index (χ1v) is 7.42. The smallest absolute Gasteiger partial charge is 0.354 e. The third-order valence-electron chi connectivity index (χ3n) is 3.44. The summed E-state index contributed by atoms with van der Waals surface area (Å²) in [7, 11) is 0. The largest absolute Gasteiger partial charge is 0.477 e. The SMILES string of the molecule is Cc1cc(C)cc(CC(C)NC(=O)c2ccnc(C(=O)O)c2)c1. The van der Waals surface area contributed by atoms with Crippen molar-refractivity contribution in [2.75, 3.05) is 0 Å². The topological polar surface area (TPSA) is 79.3 Å². The van der Waals surface area contributed by atoms with Crippen LogP contribution in [-0.2, 0) is 6.42 Å². The number of carbonyl (C=O) groups is 2. The Labute approximate surface area is 135 Å². The Morgan fingerprint density at radius 1 is 1.17 bits per heavy atom. The quantitative estimate of drug-likeness (QED) is 0.889. The third kappa shape index (κ3) is 4.64. The van der Waals surface area contributed by atoms with Crippen LogP contribution >= 0.6 is 0 Å². The molecule has 0 aliphatic carbocycles. The molecule has 0 saturated heterocycles. The van der Waals surface area contributed by atoms with E-state index in [0.717, 1.165) is 5.56 Å². The first-order valence-electron chi connectivity index (χ1n) is 7.42. The van der Waals surface area contributed by atoms with E-state index in [1.807, 2.05) is 20.8 Å². The van der Waals surface area contributed by atoms with E-state index in [1.54, 1.807) is 0 Å². The van der Waals surface area contributed by atoms with Crippen LogP contribution in [0.1, 0.15) is 44.5 Å². The maximum Gasteiger partial charge on any atom is 0.354 e. The molecule has 1 unspecified atom stereocenters. The molecule has 0 aliphatic heterocycles. The minimum Gasteiger partial charge on any atom is -0.477 e. The zero-order valence-corrected chi connectivity index (χ0v) is 13.5. The molecule has 0 aliphatic rings. The molecular weight excluding hydrogens is 292 g/mol. The molecule has 0 radical (unpaired) electrons. The van der Waals surface area contributed by atoms with Crippen molar-refractivity contribution in [3.63, 3.8) is 0 Å². The van der Waals surface area contributed by atoms with E-state index in [-0.39, 0.29) is 17.6 Å². The highest BCUT2D eigenvalue weighted by molar-refractivity contribution is 5.96. The van der Waals surface area contributed by atoms with Crippen molar-refractivity contribution in [3.8, 4) is 0 Å². The van der Waals surface area contributed by atoms with Gasteiger partial charge in [-0.2, -0.15) is 0 Å². The van der Waals surface area contributed by atoms with E-state index < -0.39 is 5.97 Å². The van der Waals surface area contributed by atoms with Gasteiger partial charge in [0.25, 0.3) is 5.91 Å². The van der Waals surface area contributed by atoms with E-state index in [9.17, 15) is 9.59 Å². The van der Waals surface area contributed by atoms with Crippen LogP contribution in [0.3, 0.4) is 0 Å². The number of hydrogen-bond acceptors (Lipinski definition) is 3. The van der Waals surface area contributed by atoms with Gasteiger partial charge in [0, 0.05) is 17.8 Å². The van der Waals surface area contributed by atoms with E-state index in [2.05, 4.69) is 28.5 Å². The van der Waals surface area contributed by atoms with E-state index in [4.69, 9.17) is 5.11 Å². The molecule has 5 nitrogen and oxygen atoms in total. The van der Waals surface area contributed by atoms with Gasteiger partial charge in [0.15, 0.2) is 0 Å². The van der Waals surface area contributed by atoms with Crippen molar-refractivity contribution >= 4 is 11.9 Å². The van der Waals surface area contributed by atoms with Crippen molar-refractivity contribution < 1.29 is 14.7 Å². The van der Waals surface area contributed by atoms with Gasteiger partial charge < -0.3 is 10.4 Å². The Morgan fingerprint density at radius 2 is 1.83 bits per heavy atom. The molecule has 2 N–H and O–H groups in total. The number of aromatic nitrogens is 1. The number of carboxylic acids is 1. The van der Waals surface area contributed by atoms with Gasteiger partial charge in [-0.3, -0.25) is 4.79 Å². The maximum absolute atomic E-state index is 12.2. The molecule has 0 bridgehead atoms. The first kappa shape index (κ1) is 16.7. The molecule has 0 spiro atoms. The Balaban J connectivity index is 2.04. The zero-order chi connectivity index (χ0) is 17.0. The second-order valence-corrected chi connectivity index (χ2v) is 5.81. The summed E-state index contributed by atoms with van der Waals surface area (Å²) in [5.41, 5.74) is 3.71. The first-order chi connectivity index (χ1) is 10.8. The average molecular weight is 312 g/mol. The van der Waals surface area contributed by atoms with Gasteiger partial charge in [-0.05, 0) is 44.9 Å². The molecule has 1 heterocycles. The lowest BCUT2D eigenvalue weighted by Gasteiger charge is -2.15. The Bertz CT molecular complexity index is 721. The number of pyridine rings is 1. The summed E-state index contributed by atoms with van der Waals surface area (Å²) in [4.78, 5) is 26.8. The lowest BCUT2D eigenvalue weighted by molar-refractivity contribution is 0.0690. The van der Waals surface area contributed by atoms with Crippen LogP contribution in [-0.4, -0.2) is 28.0 Å². The fraction of sp³-hybridized carbons (Fsp3) is 0.278. The number of carboxylic acid groups (broad SMARTS) is 1. The number of nitrogens with one attached hydrogen (secondary N) is 1. The fourth-order valence-corrected chi connectivity index (χ4v) is 2.59. The van der Waals surface area contributed by atoms with Crippen LogP contribution in [0.2, 0.25) is 0 Å². The van der Waals surface area contributed by atoms with Crippen LogP contribution in [0.25, 0.3) is 0 Å². The lowest BCUT2D eigenvalue weighted by Crippen LogP contribution is -2.34. The molecule has 2 rings (SSSR count). The molecule has 1 amide bonds. The number of hydrogen-bond donors (Lipinski definition) is 2. The number of nitrogens with zero attached hydrogens (tertiary/aromatic N) is 1. The van der Waals surface area contributed by atoms with Crippen LogP contribution in [0.15, 0.2) is 36.5 Å². The van der Waals surface area contributed by atoms with Gasteiger partial charge in [-0.25, -0.2) is 9.78 Å². The van der Waals surface area contributed by atoms with Gasteiger partial charge in [-0.15, -0.1) is 0 Å². The van der Waals surface area contributed by atoms with Crippen molar-refractivity contribution in [1.82, 2.24) is 10.3 Å². The van der Waals surface area contributed by atoms with Crippen LogP contribution in [0.5, 0.6) is 0 Å². The molecule has 2 aromatic rings.